The Morgan fingerprint density at radius 2 is 2.36 bits per heavy atom. The molecule has 0 N–H and O–H groups in total. The van der Waals surface area contributed by atoms with Crippen LogP contribution in [-0.2, 0) is 6.66 Å². The molecule has 0 fully saturated rings. The molecule has 60 valence electrons. The number of methoxy groups -OCH3 is 1. The van der Waals surface area contributed by atoms with Crippen LogP contribution in [0.2, 0.25) is 0 Å². The van der Waals surface area contributed by atoms with Crippen molar-refractivity contribution in [3.05, 3.63) is 5.80 Å². The van der Waals surface area contributed by atoms with Gasteiger partial charge in [-0.05, 0) is 6.66 Å². The van der Waals surface area contributed by atoms with Gasteiger partial charge in [0.1, 0.15) is 0 Å². The zero-order chi connectivity index (χ0) is 7.84. The average Bonchev–Trinajstić information content (AvgIpc) is 2.46. The van der Waals surface area contributed by atoms with Crippen molar-refractivity contribution in [3.63, 3.8) is 0 Å². The van der Waals surface area contributed by atoms with Crippen molar-refractivity contribution >= 4 is 7.53 Å². The molecule has 0 bridgehead atoms. The van der Waals surface area contributed by atoms with Crippen molar-refractivity contribution in [1.82, 2.24) is 0 Å². The van der Waals surface area contributed by atoms with Gasteiger partial charge >= 0.3 is 0 Å². The summed E-state index contributed by atoms with van der Waals surface area (Å²) in [6.07, 6.45) is 0. The molecule has 1 atom stereocenters. The molecular formula is C7H9O3P. The second-order valence-electron chi connectivity index (χ2n) is 2.35. The zero-order valence-corrected chi connectivity index (χ0v) is 7.35. The molecule has 11 heavy (non-hydrogen) atoms. The smallest absolute Gasteiger partial charge is 0.231 e. The van der Waals surface area contributed by atoms with Crippen LogP contribution in [-0.4, -0.2) is 13.9 Å². The number of ether oxygens (including phenoxy) is 3. The van der Waals surface area contributed by atoms with Crippen LogP contribution in [0.5, 0.6) is 17.0 Å². The molecule has 0 amide bonds. The summed E-state index contributed by atoms with van der Waals surface area (Å²) in [5.41, 5.74) is 0.938. The molecule has 1 aliphatic heterocycles. The molecule has 0 saturated carbocycles. The summed E-state index contributed by atoms with van der Waals surface area (Å²) in [6.45, 7) is 2.44. The molecule has 1 aliphatic rings. The molecule has 0 aliphatic carbocycles. The minimum Gasteiger partial charge on any atom is -0.489 e. The first-order valence-corrected chi connectivity index (χ1v) is 5.17. The zero-order valence-electron chi connectivity index (χ0n) is 6.46. The summed E-state index contributed by atoms with van der Waals surface area (Å²) in [6, 6.07) is 0. The van der Waals surface area contributed by atoms with E-state index in [-0.39, 0.29) is 7.53 Å². The van der Waals surface area contributed by atoms with Gasteiger partial charge in [-0.25, -0.2) is 0 Å². The maximum absolute atomic E-state index is 5.23. The third kappa shape index (κ3) is 0.881. The van der Waals surface area contributed by atoms with Crippen molar-refractivity contribution in [2.75, 3.05) is 13.9 Å². The second kappa shape index (κ2) is 2.35. The van der Waals surface area contributed by atoms with Crippen LogP contribution in [0.3, 0.4) is 0 Å². The van der Waals surface area contributed by atoms with E-state index in [1.807, 2.05) is 0 Å². The molecule has 1 unspecified atom stereocenters. The largest absolute Gasteiger partial charge is 0.489 e. The number of rotatable bonds is 1. The molecule has 4 heteroatoms. The number of fused-ring (bicyclic) bond motifs is 1. The van der Waals surface area contributed by atoms with Gasteiger partial charge in [0.15, 0.2) is 11.2 Å². The van der Waals surface area contributed by atoms with Gasteiger partial charge in [-0.2, -0.15) is 0 Å². The van der Waals surface area contributed by atoms with E-state index in [4.69, 9.17) is 14.2 Å². The molecule has 1 aromatic heterocycles. The molecule has 2 heterocycles. The molecular weight excluding hydrogens is 163 g/mol. The van der Waals surface area contributed by atoms with Crippen LogP contribution in [0.15, 0.2) is 5.80 Å². The van der Waals surface area contributed by atoms with E-state index >= 15 is 0 Å². The molecule has 2 rings (SSSR count). The van der Waals surface area contributed by atoms with E-state index in [1.54, 1.807) is 7.11 Å². The van der Waals surface area contributed by atoms with Gasteiger partial charge in [0.2, 0.25) is 12.5 Å². The Morgan fingerprint density at radius 1 is 1.55 bits per heavy atom. The summed E-state index contributed by atoms with van der Waals surface area (Å²) >= 11 is 0. The van der Waals surface area contributed by atoms with E-state index in [0.717, 1.165) is 17.0 Å². The third-order valence-corrected chi connectivity index (χ3v) is 3.31. The maximum Gasteiger partial charge on any atom is 0.231 e. The van der Waals surface area contributed by atoms with Crippen molar-refractivity contribution < 1.29 is 14.2 Å². The number of hydrogen-bond donors (Lipinski definition) is 0. The lowest BCUT2D eigenvalue weighted by molar-refractivity contribution is 0.171. The normalized spacial score (nSPS) is 15.3. The van der Waals surface area contributed by atoms with Crippen molar-refractivity contribution in [2.45, 2.75) is 0 Å². The predicted molar refractivity (Wildman–Crippen MR) is 42.8 cm³/mol. The fourth-order valence-electron chi connectivity index (χ4n) is 1.18. The highest BCUT2D eigenvalue weighted by molar-refractivity contribution is 7.50. The first-order chi connectivity index (χ1) is 5.33. The Bertz CT molecular complexity index is 279. The quantitative estimate of drug-likeness (QED) is 0.647. The highest BCUT2D eigenvalue weighted by Gasteiger charge is 2.22. The fourth-order valence-corrected chi connectivity index (χ4v) is 2.63. The molecule has 0 radical (unpaired) electrons. The first-order valence-electron chi connectivity index (χ1n) is 3.32. The van der Waals surface area contributed by atoms with Gasteiger partial charge < -0.3 is 14.2 Å². The van der Waals surface area contributed by atoms with E-state index in [1.165, 1.54) is 0 Å². The SMILES string of the molecule is COc1c2c(cp1C)OCO2. The lowest BCUT2D eigenvalue weighted by Crippen LogP contribution is -1.94. The molecule has 0 aromatic carbocycles. The van der Waals surface area contributed by atoms with Crippen LogP contribution >= 0.6 is 7.53 Å². The Kier molecular flexibility index (Phi) is 1.46. The summed E-state index contributed by atoms with van der Waals surface area (Å²) in [7, 11) is 1.35. The molecule has 1 aromatic rings. The lowest BCUT2D eigenvalue weighted by atomic mass is 10.5. The van der Waals surface area contributed by atoms with Gasteiger partial charge in [-0.15, -0.1) is 0 Å². The standard InChI is InChI=1S/C7H9O3P/c1-8-7-6-5(3-11(7)2)9-4-10-6/h3H,4H2,1-2H3. The fraction of sp³-hybridized carbons (Fsp3) is 0.429. The Morgan fingerprint density at radius 3 is 3.09 bits per heavy atom. The summed E-state index contributed by atoms with van der Waals surface area (Å²) < 4.78 is 15.6. The Balaban J connectivity index is 2.52. The van der Waals surface area contributed by atoms with Gasteiger partial charge in [0, 0.05) is 5.80 Å². The van der Waals surface area contributed by atoms with Gasteiger partial charge in [0.25, 0.3) is 0 Å². The predicted octanol–water partition coefficient (Wildman–Crippen LogP) is 1.95. The minimum absolute atomic E-state index is 0.316. The summed E-state index contributed by atoms with van der Waals surface area (Å²) in [4.78, 5) is 0. The van der Waals surface area contributed by atoms with Gasteiger partial charge in [0.05, 0.1) is 7.11 Å². The topological polar surface area (TPSA) is 27.7 Å². The third-order valence-electron chi connectivity index (χ3n) is 1.66. The van der Waals surface area contributed by atoms with E-state index in [2.05, 4.69) is 12.5 Å². The molecule has 0 spiro atoms. The molecule has 3 nitrogen and oxygen atoms in total. The second-order valence-corrected chi connectivity index (χ2v) is 4.24. The number of hydrogen-bond acceptors (Lipinski definition) is 3. The van der Waals surface area contributed by atoms with Crippen LogP contribution in [0.25, 0.3) is 0 Å². The van der Waals surface area contributed by atoms with Gasteiger partial charge in [-0.3, -0.25) is 0 Å². The van der Waals surface area contributed by atoms with Gasteiger partial charge in [-0.1, -0.05) is 7.53 Å². The van der Waals surface area contributed by atoms with E-state index in [0.29, 0.717) is 6.79 Å². The first kappa shape index (κ1) is 6.86. The van der Waals surface area contributed by atoms with Crippen LogP contribution < -0.4 is 14.2 Å². The van der Waals surface area contributed by atoms with E-state index in [9.17, 15) is 0 Å². The van der Waals surface area contributed by atoms with Crippen LogP contribution in [0.4, 0.5) is 0 Å². The maximum atomic E-state index is 5.23. The Hall–Kier alpha value is -0.820. The summed E-state index contributed by atoms with van der Waals surface area (Å²) in [5.74, 6) is 3.73. The van der Waals surface area contributed by atoms with Crippen LogP contribution in [0, 0.1) is 0 Å². The highest BCUT2D eigenvalue weighted by atomic mass is 31.1. The average molecular weight is 172 g/mol. The van der Waals surface area contributed by atoms with E-state index < -0.39 is 0 Å². The summed E-state index contributed by atoms with van der Waals surface area (Å²) in [5, 5.41) is 0. The highest BCUT2D eigenvalue weighted by Crippen LogP contribution is 2.55. The van der Waals surface area contributed by atoms with Crippen molar-refractivity contribution in [2.24, 2.45) is 6.66 Å². The van der Waals surface area contributed by atoms with Crippen molar-refractivity contribution in [1.29, 1.82) is 0 Å². The monoisotopic (exact) mass is 172 g/mol. The number of aryl methyl sites for hydroxylation is 1. The Labute approximate surface area is 65.9 Å². The van der Waals surface area contributed by atoms with Crippen LogP contribution in [0.1, 0.15) is 0 Å². The lowest BCUT2D eigenvalue weighted by Gasteiger charge is -2.00. The van der Waals surface area contributed by atoms with Crippen molar-refractivity contribution in [3.8, 4) is 17.0 Å². The minimum atomic E-state index is -0.316. The molecule has 0 saturated heterocycles.